The molecule has 0 spiro atoms. The molecule has 2 unspecified atom stereocenters. The molecule has 3 fully saturated rings. The van der Waals surface area contributed by atoms with Gasteiger partial charge in [0.05, 0.1) is 0 Å². The molecule has 4 nitrogen and oxygen atoms in total. The Hall–Kier alpha value is -0.610. The SMILES string of the molecule is O=C(CCC1CCCNC1)N1CCC(N2CCCC2)C1. The van der Waals surface area contributed by atoms with Gasteiger partial charge in [-0.05, 0) is 70.6 Å². The Morgan fingerprint density at radius 1 is 1.10 bits per heavy atom. The fraction of sp³-hybridized carbons (Fsp3) is 0.938. The van der Waals surface area contributed by atoms with Gasteiger partial charge in [0, 0.05) is 25.6 Å². The van der Waals surface area contributed by atoms with Crippen molar-refractivity contribution in [3.63, 3.8) is 0 Å². The standard InChI is InChI=1S/C16H29N3O/c20-16(6-5-14-4-3-8-17-12-14)19-11-7-15(13-19)18-9-1-2-10-18/h14-15,17H,1-13H2. The molecule has 4 heteroatoms. The molecule has 1 N–H and O–H groups in total. The largest absolute Gasteiger partial charge is 0.341 e. The quantitative estimate of drug-likeness (QED) is 0.846. The summed E-state index contributed by atoms with van der Waals surface area (Å²) in [5.74, 6) is 1.13. The molecule has 0 radical (unpaired) electrons. The second-order valence-corrected chi connectivity index (χ2v) is 6.78. The third-order valence-electron chi connectivity index (χ3n) is 5.34. The van der Waals surface area contributed by atoms with Crippen molar-refractivity contribution in [3.8, 4) is 0 Å². The molecular weight excluding hydrogens is 250 g/mol. The summed E-state index contributed by atoms with van der Waals surface area (Å²) in [6.45, 7) is 6.75. The van der Waals surface area contributed by atoms with Crippen molar-refractivity contribution in [2.75, 3.05) is 39.3 Å². The molecule has 3 rings (SSSR count). The first kappa shape index (κ1) is 14.3. The lowest BCUT2D eigenvalue weighted by Gasteiger charge is -2.25. The van der Waals surface area contributed by atoms with Gasteiger partial charge in [-0.3, -0.25) is 9.69 Å². The third kappa shape index (κ3) is 3.53. The Labute approximate surface area is 122 Å². The number of rotatable bonds is 4. The number of nitrogens with zero attached hydrogens (tertiary/aromatic N) is 2. The summed E-state index contributed by atoms with van der Waals surface area (Å²) in [7, 11) is 0. The smallest absolute Gasteiger partial charge is 0.222 e. The van der Waals surface area contributed by atoms with Crippen molar-refractivity contribution >= 4 is 5.91 Å². The normalized spacial score (nSPS) is 31.9. The van der Waals surface area contributed by atoms with Crippen LogP contribution < -0.4 is 5.32 Å². The second kappa shape index (κ2) is 6.90. The number of piperidine rings is 1. The van der Waals surface area contributed by atoms with E-state index in [4.69, 9.17) is 0 Å². The Morgan fingerprint density at radius 2 is 1.95 bits per heavy atom. The predicted molar refractivity (Wildman–Crippen MR) is 80.6 cm³/mol. The van der Waals surface area contributed by atoms with Crippen LogP contribution in [-0.4, -0.2) is 61.0 Å². The van der Waals surface area contributed by atoms with Gasteiger partial charge in [0.15, 0.2) is 0 Å². The highest BCUT2D eigenvalue weighted by atomic mass is 16.2. The van der Waals surface area contributed by atoms with Crippen LogP contribution in [0.1, 0.15) is 44.9 Å². The second-order valence-electron chi connectivity index (χ2n) is 6.78. The number of amides is 1. The van der Waals surface area contributed by atoms with Crippen LogP contribution in [0, 0.1) is 5.92 Å². The van der Waals surface area contributed by atoms with E-state index in [1.165, 1.54) is 45.2 Å². The van der Waals surface area contributed by atoms with Crippen molar-refractivity contribution in [3.05, 3.63) is 0 Å². The van der Waals surface area contributed by atoms with E-state index < -0.39 is 0 Å². The summed E-state index contributed by atoms with van der Waals surface area (Å²) in [6, 6.07) is 0.651. The molecule has 2 atom stereocenters. The van der Waals surface area contributed by atoms with Crippen LogP contribution in [0.5, 0.6) is 0 Å². The minimum absolute atomic E-state index is 0.400. The Kier molecular flexibility index (Phi) is 4.94. The maximum absolute atomic E-state index is 12.3. The molecule has 0 aromatic rings. The molecule has 0 aromatic carbocycles. The summed E-state index contributed by atoms with van der Waals surface area (Å²) in [4.78, 5) is 17.1. The first-order chi connectivity index (χ1) is 9.83. The van der Waals surface area contributed by atoms with E-state index in [2.05, 4.69) is 15.1 Å². The van der Waals surface area contributed by atoms with Crippen molar-refractivity contribution < 1.29 is 4.79 Å². The molecule has 3 aliphatic rings. The van der Waals surface area contributed by atoms with E-state index in [1.807, 2.05) is 0 Å². The summed E-state index contributed by atoms with van der Waals surface area (Å²) in [5.41, 5.74) is 0. The van der Waals surface area contributed by atoms with Crippen molar-refractivity contribution in [2.24, 2.45) is 5.92 Å². The number of nitrogens with one attached hydrogen (secondary N) is 1. The fourth-order valence-electron chi connectivity index (χ4n) is 4.03. The predicted octanol–water partition coefficient (Wildman–Crippen LogP) is 1.46. The molecule has 3 heterocycles. The molecule has 0 bridgehead atoms. The van der Waals surface area contributed by atoms with Crippen LogP contribution in [0.2, 0.25) is 0 Å². The molecule has 0 aromatic heterocycles. The zero-order chi connectivity index (χ0) is 13.8. The van der Waals surface area contributed by atoms with Gasteiger partial charge in [0.25, 0.3) is 0 Å². The minimum Gasteiger partial charge on any atom is -0.341 e. The van der Waals surface area contributed by atoms with E-state index in [1.54, 1.807) is 0 Å². The van der Waals surface area contributed by atoms with Gasteiger partial charge in [0.2, 0.25) is 5.91 Å². The topological polar surface area (TPSA) is 35.6 Å². The third-order valence-corrected chi connectivity index (χ3v) is 5.34. The molecule has 1 amide bonds. The Morgan fingerprint density at radius 3 is 2.70 bits per heavy atom. The van der Waals surface area contributed by atoms with Crippen LogP contribution in [0.4, 0.5) is 0 Å². The van der Waals surface area contributed by atoms with E-state index in [9.17, 15) is 4.79 Å². The van der Waals surface area contributed by atoms with Gasteiger partial charge >= 0.3 is 0 Å². The maximum atomic E-state index is 12.3. The van der Waals surface area contributed by atoms with Gasteiger partial charge in [-0.15, -0.1) is 0 Å². The van der Waals surface area contributed by atoms with Crippen molar-refractivity contribution in [2.45, 2.75) is 51.0 Å². The molecule has 114 valence electrons. The van der Waals surface area contributed by atoms with Gasteiger partial charge in [0.1, 0.15) is 0 Å². The average Bonchev–Trinajstić information content (AvgIpc) is 3.16. The van der Waals surface area contributed by atoms with E-state index in [-0.39, 0.29) is 0 Å². The number of likely N-dealkylation sites (tertiary alicyclic amines) is 2. The van der Waals surface area contributed by atoms with Gasteiger partial charge in [-0.2, -0.15) is 0 Å². The zero-order valence-electron chi connectivity index (χ0n) is 12.6. The lowest BCUT2D eigenvalue weighted by molar-refractivity contribution is -0.130. The number of carbonyl (C=O) groups excluding carboxylic acids is 1. The fourth-order valence-corrected chi connectivity index (χ4v) is 4.03. The van der Waals surface area contributed by atoms with Crippen molar-refractivity contribution in [1.82, 2.24) is 15.1 Å². The zero-order valence-corrected chi connectivity index (χ0v) is 12.6. The van der Waals surface area contributed by atoms with Crippen molar-refractivity contribution in [1.29, 1.82) is 0 Å². The van der Waals surface area contributed by atoms with E-state index in [0.717, 1.165) is 44.9 Å². The molecular formula is C16H29N3O. The average molecular weight is 279 g/mol. The number of hydrogen-bond donors (Lipinski definition) is 1. The lowest BCUT2D eigenvalue weighted by atomic mass is 9.94. The summed E-state index contributed by atoms with van der Waals surface area (Å²) in [6.07, 6.45) is 8.31. The maximum Gasteiger partial charge on any atom is 0.222 e. The minimum atomic E-state index is 0.400. The molecule has 3 saturated heterocycles. The van der Waals surface area contributed by atoms with Crippen LogP contribution in [-0.2, 0) is 4.79 Å². The highest BCUT2D eigenvalue weighted by Crippen LogP contribution is 2.22. The first-order valence-corrected chi connectivity index (χ1v) is 8.55. The summed E-state index contributed by atoms with van der Waals surface area (Å²) in [5, 5.41) is 3.44. The van der Waals surface area contributed by atoms with Crippen LogP contribution in [0.3, 0.4) is 0 Å². The molecule has 0 saturated carbocycles. The lowest BCUT2D eigenvalue weighted by Crippen LogP contribution is -2.37. The van der Waals surface area contributed by atoms with E-state index in [0.29, 0.717) is 11.9 Å². The highest BCUT2D eigenvalue weighted by Gasteiger charge is 2.31. The first-order valence-electron chi connectivity index (χ1n) is 8.55. The summed E-state index contributed by atoms with van der Waals surface area (Å²) < 4.78 is 0. The van der Waals surface area contributed by atoms with Crippen LogP contribution in [0.15, 0.2) is 0 Å². The molecule has 3 aliphatic heterocycles. The van der Waals surface area contributed by atoms with Crippen LogP contribution >= 0.6 is 0 Å². The highest BCUT2D eigenvalue weighted by molar-refractivity contribution is 5.76. The summed E-state index contributed by atoms with van der Waals surface area (Å²) >= 11 is 0. The van der Waals surface area contributed by atoms with Crippen LogP contribution in [0.25, 0.3) is 0 Å². The molecule has 0 aliphatic carbocycles. The van der Waals surface area contributed by atoms with Gasteiger partial charge in [-0.25, -0.2) is 0 Å². The van der Waals surface area contributed by atoms with Gasteiger partial charge in [-0.1, -0.05) is 0 Å². The van der Waals surface area contributed by atoms with Gasteiger partial charge < -0.3 is 10.2 Å². The van der Waals surface area contributed by atoms with E-state index >= 15 is 0 Å². The number of carbonyl (C=O) groups is 1. The molecule has 20 heavy (non-hydrogen) atoms. The Balaban J connectivity index is 1.39. The monoisotopic (exact) mass is 279 g/mol. The Bertz CT molecular complexity index is 322. The number of hydrogen-bond acceptors (Lipinski definition) is 3.